The molecule has 0 amide bonds. The topological polar surface area (TPSA) is 81.7 Å². The van der Waals surface area contributed by atoms with E-state index in [4.69, 9.17) is 9.47 Å². The van der Waals surface area contributed by atoms with E-state index < -0.39 is 5.97 Å². The summed E-state index contributed by atoms with van der Waals surface area (Å²) in [6.45, 7) is -0.321. The van der Waals surface area contributed by atoms with Crippen LogP contribution >= 0.6 is 0 Å². The van der Waals surface area contributed by atoms with Crippen molar-refractivity contribution in [1.29, 1.82) is 0 Å². The number of anilines is 1. The van der Waals surface area contributed by atoms with Crippen LogP contribution in [0.15, 0.2) is 84.9 Å². The second-order valence-electron chi connectivity index (χ2n) is 6.83. The first kappa shape index (κ1) is 21.8. The average Bonchev–Trinajstić information content (AvgIpc) is 2.83. The van der Waals surface area contributed by atoms with Gasteiger partial charge in [-0.3, -0.25) is 9.59 Å². The Morgan fingerprint density at radius 1 is 0.806 bits per heavy atom. The number of carbonyl (C=O) groups excluding carboxylic acids is 3. The first-order valence-electron chi connectivity index (χ1n) is 9.80. The lowest BCUT2D eigenvalue weighted by Crippen LogP contribution is -2.17. The minimum Gasteiger partial charge on any atom is -0.469 e. The molecule has 0 spiro atoms. The monoisotopic (exact) mass is 417 g/mol. The number of nitrogens with one attached hydrogen (secondary N) is 1. The van der Waals surface area contributed by atoms with E-state index in [0.29, 0.717) is 11.1 Å². The van der Waals surface area contributed by atoms with Crippen molar-refractivity contribution in [2.45, 2.75) is 12.5 Å². The van der Waals surface area contributed by atoms with E-state index in [0.717, 1.165) is 11.3 Å². The SMILES string of the molecule is COC(=O)CC(Nc1ccc(C(=O)OCC(=O)c2ccccc2)cc1)c1ccccc1. The second kappa shape index (κ2) is 10.7. The van der Waals surface area contributed by atoms with Gasteiger partial charge in [-0.25, -0.2) is 4.79 Å². The van der Waals surface area contributed by atoms with Gasteiger partial charge in [0, 0.05) is 11.3 Å². The number of hydrogen-bond donors (Lipinski definition) is 1. The number of carbonyl (C=O) groups is 3. The van der Waals surface area contributed by atoms with Crippen LogP contribution < -0.4 is 5.32 Å². The summed E-state index contributed by atoms with van der Waals surface area (Å²) in [5.74, 6) is -1.17. The highest BCUT2D eigenvalue weighted by molar-refractivity contribution is 5.99. The molecule has 0 aliphatic carbocycles. The first-order chi connectivity index (χ1) is 15.1. The lowest BCUT2D eigenvalue weighted by atomic mass is 10.0. The molecule has 0 saturated carbocycles. The van der Waals surface area contributed by atoms with E-state index >= 15 is 0 Å². The van der Waals surface area contributed by atoms with Gasteiger partial charge in [0.25, 0.3) is 0 Å². The molecule has 0 heterocycles. The third-order valence-corrected chi connectivity index (χ3v) is 4.69. The Bertz CT molecular complexity index is 1020. The zero-order valence-electron chi connectivity index (χ0n) is 17.1. The van der Waals surface area contributed by atoms with Crippen molar-refractivity contribution < 1.29 is 23.9 Å². The van der Waals surface area contributed by atoms with Gasteiger partial charge in [0.2, 0.25) is 0 Å². The van der Waals surface area contributed by atoms with E-state index in [1.807, 2.05) is 36.4 Å². The molecule has 1 unspecified atom stereocenters. The van der Waals surface area contributed by atoms with Gasteiger partial charge >= 0.3 is 11.9 Å². The van der Waals surface area contributed by atoms with Gasteiger partial charge in [0.15, 0.2) is 12.4 Å². The molecular weight excluding hydrogens is 394 g/mol. The Kier molecular flexibility index (Phi) is 7.54. The number of hydrogen-bond acceptors (Lipinski definition) is 6. The Morgan fingerprint density at radius 2 is 1.42 bits per heavy atom. The van der Waals surface area contributed by atoms with Gasteiger partial charge in [0.1, 0.15) is 0 Å². The highest BCUT2D eigenvalue weighted by Crippen LogP contribution is 2.23. The Balaban J connectivity index is 1.62. The van der Waals surface area contributed by atoms with Crippen molar-refractivity contribution >= 4 is 23.4 Å². The number of ether oxygens (including phenoxy) is 2. The minimum atomic E-state index is -0.579. The van der Waals surface area contributed by atoms with E-state index in [2.05, 4.69) is 5.32 Å². The Morgan fingerprint density at radius 3 is 2.03 bits per heavy atom. The molecule has 3 aromatic carbocycles. The fourth-order valence-corrected chi connectivity index (χ4v) is 3.01. The molecule has 0 bridgehead atoms. The van der Waals surface area contributed by atoms with E-state index in [9.17, 15) is 14.4 Å². The summed E-state index contributed by atoms with van der Waals surface area (Å²) in [6.07, 6.45) is 0.159. The number of methoxy groups -OCH3 is 1. The number of esters is 2. The smallest absolute Gasteiger partial charge is 0.338 e. The maximum Gasteiger partial charge on any atom is 0.338 e. The quantitative estimate of drug-likeness (QED) is 0.409. The molecule has 158 valence electrons. The molecule has 3 rings (SSSR count). The predicted octanol–water partition coefficient (Wildman–Crippen LogP) is 4.44. The van der Waals surface area contributed by atoms with Crippen molar-refractivity contribution in [1.82, 2.24) is 0 Å². The standard InChI is InChI=1S/C25H23NO5/c1-30-24(28)16-22(18-8-4-2-5-9-18)26-21-14-12-20(13-15-21)25(29)31-17-23(27)19-10-6-3-7-11-19/h2-15,22,26H,16-17H2,1H3. The molecular formula is C25H23NO5. The normalized spacial score (nSPS) is 11.3. The van der Waals surface area contributed by atoms with Crippen LogP contribution in [0, 0.1) is 0 Å². The van der Waals surface area contributed by atoms with Crippen molar-refractivity contribution in [2.24, 2.45) is 0 Å². The van der Waals surface area contributed by atoms with Gasteiger partial charge in [-0.2, -0.15) is 0 Å². The molecule has 0 saturated heterocycles. The van der Waals surface area contributed by atoms with Crippen LogP contribution in [0.1, 0.15) is 38.7 Å². The van der Waals surface area contributed by atoms with E-state index in [1.165, 1.54) is 7.11 Å². The largest absolute Gasteiger partial charge is 0.469 e. The van der Waals surface area contributed by atoms with Gasteiger partial charge in [-0.1, -0.05) is 60.7 Å². The van der Waals surface area contributed by atoms with Crippen LogP contribution in [0.3, 0.4) is 0 Å². The molecule has 0 radical (unpaired) electrons. The van der Waals surface area contributed by atoms with Crippen LogP contribution in [0.4, 0.5) is 5.69 Å². The molecule has 3 aromatic rings. The van der Waals surface area contributed by atoms with Crippen molar-refractivity contribution in [2.75, 3.05) is 19.0 Å². The van der Waals surface area contributed by atoms with E-state index in [1.54, 1.807) is 48.5 Å². The first-order valence-corrected chi connectivity index (χ1v) is 9.80. The zero-order chi connectivity index (χ0) is 22.1. The number of rotatable bonds is 9. The van der Waals surface area contributed by atoms with Gasteiger partial charge < -0.3 is 14.8 Å². The van der Waals surface area contributed by atoms with Gasteiger partial charge in [-0.15, -0.1) is 0 Å². The highest BCUT2D eigenvalue weighted by atomic mass is 16.5. The van der Waals surface area contributed by atoms with Crippen molar-refractivity contribution in [3.8, 4) is 0 Å². The summed E-state index contributed by atoms with van der Waals surface area (Å²) < 4.78 is 9.93. The van der Waals surface area contributed by atoms with Crippen molar-refractivity contribution in [3.05, 3.63) is 102 Å². The third-order valence-electron chi connectivity index (χ3n) is 4.69. The summed E-state index contributed by atoms with van der Waals surface area (Å²) in [5.41, 5.74) is 2.49. The number of Topliss-reactive ketones (excluding diaryl/α,β-unsaturated/α-hetero) is 1. The van der Waals surface area contributed by atoms with Gasteiger partial charge in [0.05, 0.1) is 25.1 Å². The molecule has 1 atom stereocenters. The molecule has 6 nitrogen and oxygen atoms in total. The zero-order valence-corrected chi connectivity index (χ0v) is 17.1. The Hall–Kier alpha value is -3.93. The summed E-state index contributed by atoms with van der Waals surface area (Å²) in [5, 5.41) is 3.29. The second-order valence-corrected chi connectivity index (χ2v) is 6.83. The van der Waals surface area contributed by atoms with Gasteiger partial charge in [-0.05, 0) is 29.8 Å². The third kappa shape index (κ3) is 6.27. The highest BCUT2D eigenvalue weighted by Gasteiger charge is 2.17. The molecule has 0 aromatic heterocycles. The Labute approximate surface area is 180 Å². The van der Waals surface area contributed by atoms with Crippen molar-refractivity contribution in [3.63, 3.8) is 0 Å². The van der Waals surface area contributed by atoms with Crippen LogP contribution in [0.25, 0.3) is 0 Å². The lowest BCUT2D eigenvalue weighted by molar-refractivity contribution is -0.140. The molecule has 0 fully saturated rings. The lowest BCUT2D eigenvalue weighted by Gasteiger charge is -2.19. The summed E-state index contributed by atoms with van der Waals surface area (Å²) in [7, 11) is 1.35. The maximum atomic E-state index is 12.3. The maximum absolute atomic E-state index is 12.3. The predicted molar refractivity (Wildman–Crippen MR) is 117 cm³/mol. The van der Waals surface area contributed by atoms with Crippen LogP contribution in [-0.4, -0.2) is 31.4 Å². The number of ketones is 1. The molecule has 6 heteroatoms. The van der Waals surface area contributed by atoms with E-state index in [-0.39, 0.29) is 30.8 Å². The van der Waals surface area contributed by atoms with Crippen LogP contribution in [-0.2, 0) is 14.3 Å². The molecule has 1 N–H and O–H groups in total. The summed E-state index contributed by atoms with van der Waals surface area (Å²) >= 11 is 0. The summed E-state index contributed by atoms with van der Waals surface area (Å²) in [6, 6.07) is 24.6. The summed E-state index contributed by atoms with van der Waals surface area (Å²) in [4.78, 5) is 36.1. The number of benzene rings is 3. The van der Waals surface area contributed by atoms with Crippen LogP contribution in [0.5, 0.6) is 0 Å². The van der Waals surface area contributed by atoms with Crippen LogP contribution in [0.2, 0.25) is 0 Å². The average molecular weight is 417 g/mol. The molecule has 0 aliphatic heterocycles. The molecule has 31 heavy (non-hydrogen) atoms. The fourth-order valence-electron chi connectivity index (χ4n) is 3.01. The fraction of sp³-hybridized carbons (Fsp3) is 0.160. The minimum absolute atomic E-state index is 0.159. The molecule has 0 aliphatic rings.